The first-order valence-corrected chi connectivity index (χ1v) is 6.05. The molecule has 0 aliphatic heterocycles. The summed E-state index contributed by atoms with van der Waals surface area (Å²) in [6.45, 7) is 5.36. The van der Waals surface area contributed by atoms with Gasteiger partial charge in [0.2, 0.25) is 0 Å². The quantitative estimate of drug-likeness (QED) is 0.687. The minimum absolute atomic E-state index is 0.0701. The van der Waals surface area contributed by atoms with E-state index in [1.54, 1.807) is 0 Å². The van der Waals surface area contributed by atoms with Gasteiger partial charge in [-0.1, -0.05) is 0 Å². The summed E-state index contributed by atoms with van der Waals surface area (Å²) in [4.78, 5) is 12.8. The third-order valence-electron chi connectivity index (χ3n) is 3.47. The Morgan fingerprint density at radius 3 is 2.12 bits per heavy atom. The van der Waals surface area contributed by atoms with Gasteiger partial charge in [-0.25, -0.2) is 4.79 Å². The zero-order chi connectivity index (χ0) is 13.3. The molecule has 0 radical (unpaired) electrons. The Balaban J connectivity index is 2.72. The van der Waals surface area contributed by atoms with Crippen LogP contribution in [-0.4, -0.2) is 50.1 Å². The van der Waals surface area contributed by atoms with Crippen molar-refractivity contribution in [2.24, 2.45) is 0 Å². The van der Waals surface area contributed by atoms with Crippen molar-refractivity contribution in [3.05, 3.63) is 0 Å². The van der Waals surface area contributed by atoms with Crippen molar-refractivity contribution in [2.75, 3.05) is 6.61 Å². The van der Waals surface area contributed by atoms with Gasteiger partial charge >= 0.3 is 6.09 Å². The number of rotatable bonds is 2. The largest absolute Gasteiger partial charge is 0.465 e. The molecule has 5 nitrogen and oxygen atoms in total. The second kappa shape index (κ2) is 4.82. The molecule has 1 fully saturated rings. The van der Waals surface area contributed by atoms with Crippen LogP contribution in [0.25, 0.3) is 0 Å². The van der Waals surface area contributed by atoms with Crippen LogP contribution in [0.1, 0.15) is 46.5 Å². The smallest absolute Gasteiger partial charge is 0.407 e. The van der Waals surface area contributed by atoms with E-state index in [0.29, 0.717) is 25.7 Å². The first-order chi connectivity index (χ1) is 7.69. The fraction of sp³-hybridized carbons (Fsp3) is 0.917. The van der Waals surface area contributed by atoms with Gasteiger partial charge < -0.3 is 20.2 Å². The molecule has 5 heteroatoms. The van der Waals surface area contributed by atoms with Gasteiger partial charge in [0, 0.05) is 11.6 Å². The second-order valence-corrected chi connectivity index (χ2v) is 5.94. The molecule has 0 unspecified atom stereocenters. The van der Waals surface area contributed by atoms with Crippen molar-refractivity contribution >= 4 is 6.09 Å². The molecule has 1 aliphatic carbocycles. The molecule has 0 bridgehead atoms. The maximum Gasteiger partial charge on any atom is 0.407 e. The second-order valence-electron chi connectivity index (χ2n) is 5.94. The zero-order valence-corrected chi connectivity index (χ0v) is 10.8. The molecule has 0 atom stereocenters. The SMILES string of the molecule is CC(C)(C)N(C(=O)O)C1CCC(O)(CO)CC1. The van der Waals surface area contributed by atoms with Crippen LogP contribution in [0.15, 0.2) is 0 Å². The lowest BCUT2D eigenvalue weighted by atomic mass is 9.81. The summed E-state index contributed by atoms with van der Waals surface area (Å²) in [5, 5.41) is 28.2. The van der Waals surface area contributed by atoms with Gasteiger partial charge in [0.15, 0.2) is 0 Å². The average molecular weight is 245 g/mol. The van der Waals surface area contributed by atoms with Gasteiger partial charge in [-0.2, -0.15) is 0 Å². The standard InChI is InChI=1S/C12H23NO4/c1-11(2,3)13(10(15)16)9-4-6-12(17,8-14)7-5-9/h9,14,17H,4-8H2,1-3H3,(H,15,16). The van der Waals surface area contributed by atoms with Crippen LogP contribution in [-0.2, 0) is 0 Å². The number of nitrogens with zero attached hydrogens (tertiary/aromatic N) is 1. The molecule has 17 heavy (non-hydrogen) atoms. The van der Waals surface area contributed by atoms with E-state index in [-0.39, 0.29) is 12.6 Å². The highest BCUT2D eigenvalue weighted by molar-refractivity contribution is 5.66. The van der Waals surface area contributed by atoms with Gasteiger partial charge in [-0.3, -0.25) is 0 Å². The lowest BCUT2D eigenvalue weighted by Gasteiger charge is -2.44. The highest BCUT2D eigenvalue weighted by Crippen LogP contribution is 2.33. The molecule has 1 aliphatic rings. The Morgan fingerprint density at radius 1 is 1.35 bits per heavy atom. The van der Waals surface area contributed by atoms with E-state index in [4.69, 9.17) is 5.11 Å². The maximum absolute atomic E-state index is 11.3. The summed E-state index contributed by atoms with van der Waals surface area (Å²) in [5.74, 6) is 0. The molecule has 0 aromatic carbocycles. The van der Waals surface area contributed by atoms with Crippen molar-refractivity contribution < 1.29 is 20.1 Å². The minimum Gasteiger partial charge on any atom is -0.465 e. The van der Waals surface area contributed by atoms with Crippen LogP contribution in [0, 0.1) is 0 Å². The van der Waals surface area contributed by atoms with Crippen LogP contribution >= 0.6 is 0 Å². The van der Waals surface area contributed by atoms with E-state index in [1.165, 1.54) is 4.90 Å². The van der Waals surface area contributed by atoms with E-state index < -0.39 is 17.2 Å². The van der Waals surface area contributed by atoms with E-state index in [2.05, 4.69) is 0 Å². The number of aliphatic hydroxyl groups is 2. The summed E-state index contributed by atoms with van der Waals surface area (Å²) in [6.07, 6.45) is 1.18. The van der Waals surface area contributed by atoms with Crippen molar-refractivity contribution in [2.45, 2.75) is 63.6 Å². The highest BCUT2D eigenvalue weighted by Gasteiger charge is 2.39. The first kappa shape index (κ1) is 14.3. The molecule has 1 amide bonds. The first-order valence-electron chi connectivity index (χ1n) is 6.05. The fourth-order valence-corrected chi connectivity index (χ4v) is 2.55. The topological polar surface area (TPSA) is 81.0 Å². The number of carboxylic acid groups (broad SMARTS) is 1. The van der Waals surface area contributed by atoms with E-state index >= 15 is 0 Å². The summed E-state index contributed by atoms with van der Waals surface area (Å²) in [5.41, 5.74) is -1.45. The number of hydrogen-bond donors (Lipinski definition) is 3. The van der Waals surface area contributed by atoms with Gasteiger partial charge in [-0.05, 0) is 46.5 Å². The monoisotopic (exact) mass is 245 g/mol. The van der Waals surface area contributed by atoms with Gasteiger partial charge in [0.1, 0.15) is 0 Å². The predicted octanol–water partition coefficient (Wildman–Crippen LogP) is 1.43. The number of carbonyl (C=O) groups is 1. The van der Waals surface area contributed by atoms with Crippen LogP contribution in [0.5, 0.6) is 0 Å². The Morgan fingerprint density at radius 2 is 1.82 bits per heavy atom. The Bertz CT molecular complexity index is 277. The molecular weight excluding hydrogens is 222 g/mol. The molecular formula is C12H23NO4. The predicted molar refractivity (Wildman–Crippen MR) is 63.9 cm³/mol. The third-order valence-corrected chi connectivity index (χ3v) is 3.47. The summed E-state index contributed by atoms with van der Waals surface area (Å²) < 4.78 is 0. The van der Waals surface area contributed by atoms with Crippen molar-refractivity contribution in [3.8, 4) is 0 Å². The average Bonchev–Trinajstić information content (AvgIpc) is 2.19. The van der Waals surface area contributed by atoms with E-state index in [9.17, 15) is 15.0 Å². The van der Waals surface area contributed by atoms with Gasteiger partial charge in [-0.15, -0.1) is 0 Å². The van der Waals surface area contributed by atoms with Crippen LogP contribution < -0.4 is 0 Å². The van der Waals surface area contributed by atoms with Crippen LogP contribution in [0.3, 0.4) is 0 Å². The lowest BCUT2D eigenvalue weighted by molar-refractivity contribution is -0.0630. The van der Waals surface area contributed by atoms with Crippen LogP contribution in [0.4, 0.5) is 4.79 Å². The highest BCUT2D eigenvalue weighted by atomic mass is 16.4. The molecule has 1 saturated carbocycles. The maximum atomic E-state index is 11.3. The molecule has 0 heterocycles. The molecule has 100 valence electrons. The zero-order valence-electron chi connectivity index (χ0n) is 10.8. The molecule has 0 spiro atoms. The summed E-state index contributed by atoms with van der Waals surface area (Å²) >= 11 is 0. The Labute approximate surface area is 102 Å². The molecule has 0 saturated heterocycles. The van der Waals surface area contributed by atoms with Gasteiger partial charge in [0.05, 0.1) is 12.2 Å². The summed E-state index contributed by atoms with van der Waals surface area (Å²) in [7, 11) is 0. The normalized spacial score (nSPS) is 30.1. The fourth-order valence-electron chi connectivity index (χ4n) is 2.55. The van der Waals surface area contributed by atoms with Crippen molar-refractivity contribution in [1.29, 1.82) is 0 Å². The Kier molecular flexibility index (Phi) is 4.04. The molecule has 0 aromatic heterocycles. The van der Waals surface area contributed by atoms with Gasteiger partial charge in [0.25, 0.3) is 0 Å². The summed E-state index contributed by atoms with van der Waals surface area (Å²) in [6, 6.07) is -0.0701. The van der Waals surface area contributed by atoms with E-state index in [0.717, 1.165) is 0 Å². The number of amides is 1. The Hall–Kier alpha value is -0.810. The number of hydrogen-bond acceptors (Lipinski definition) is 3. The van der Waals surface area contributed by atoms with E-state index in [1.807, 2.05) is 20.8 Å². The molecule has 3 N–H and O–H groups in total. The lowest BCUT2D eigenvalue weighted by Crippen LogP contribution is -2.54. The van der Waals surface area contributed by atoms with Crippen LogP contribution in [0.2, 0.25) is 0 Å². The third kappa shape index (κ3) is 3.33. The minimum atomic E-state index is -1.02. The molecule has 1 rings (SSSR count). The van der Waals surface area contributed by atoms with Crippen molar-refractivity contribution in [1.82, 2.24) is 4.90 Å². The number of aliphatic hydroxyl groups excluding tert-OH is 1. The van der Waals surface area contributed by atoms with Crippen molar-refractivity contribution in [3.63, 3.8) is 0 Å². The molecule has 0 aromatic rings.